The molecule has 7 nitrogen and oxygen atoms in total. The molecule has 8 heteroatoms. The van der Waals surface area contributed by atoms with Gasteiger partial charge < -0.3 is 14.8 Å². The van der Waals surface area contributed by atoms with Gasteiger partial charge in [-0.15, -0.1) is 0 Å². The van der Waals surface area contributed by atoms with Crippen LogP contribution in [0.4, 0.5) is 4.79 Å². The van der Waals surface area contributed by atoms with Crippen LogP contribution in [0.25, 0.3) is 6.08 Å². The Morgan fingerprint density at radius 2 is 1.69 bits per heavy atom. The Labute approximate surface area is 216 Å². The van der Waals surface area contributed by atoms with E-state index in [1.165, 1.54) is 11.4 Å². The summed E-state index contributed by atoms with van der Waals surface area (Å²) in [7, 11) is -2.19. The lowest BCUT2D eigenvalue weighted by Crippen LogP contribution is -2.43. The van der Waals surface area contributed by atoms with Crippen molar-refractivity contribution in [2.24, 2.45) is 5.92 Å². The maximum Gasteiger partial charge on any atom is 0.407 e. The van der Waals surface area contributed by atoms with Gasteiger partial charge in [-0.25, -0.2) is 13.2 Å². The summed E-state index contributed by atoms with van der Waals surface area (Å²) in [4.78, 5) is 12.8. The van der Waals surface area contributed by atoms with Gasteiger partial charge in [0.25, 0.3) is 0 Å². The third-order valence-electron chi connectivity index (χ3n) is 5.41. The van der Waals surface area contributed by atoms with Crippen molar-refractivity contribution in [3.63, 3.8) is 0 Å². The second-order valence-corrected chi connectivity index (χ2v) is 12.2. The molecular formula is C28H40N2O5S. The Hall–Kier alpha value is -2.84. The van der Waals surface area contributed by atoms with Crippen LogP contribution >= 0.6 is 0 Å². The number of carbonyl (C=O) groups excluding carboxylic acids is 1. The van der Waals surface area contributed by atoms with Crippen molar-refractivity contribution < 1.29 is 22.7 Å². The van der Waals surface area contributed by atoms with Crippen LogP contribution in [0, 0.1) is 5.92 Å². The molecule has 198 valence electrons. The number of nitrogens with zero attached hydrogens (tertiary/aromatic N) is 1. The maximum atomic E-state index is 13.5. The number of hydrogen-bond acceptors (Lipinski definition) is 5. The fraction of sp³-hybridized carbons (Fsp3) is 0.464. The van der Waals surface area contributed by atoms with Crippen LogP contribution in [0.2, 0.25) is 0 Å². The van der Waals surface area contributed by atoms with E-state index in [1.807, 2.05) is 38.1 Å². The third-order valence-corrected chi connectivity index (χ3v) is 7.29. The Bertz CT molecular complexity index is 1090. The van der Waals surface area contributed by atoms with E-state index in [0.717, 1.165) is 11.1 Å². The van der Waals surface area contributed by atoms with Gasteiger partial charge in [0, 0.05) is 19.1 Å². The van der Waals surface area contributed by atoms with Crippen LogP contribution in [-0.2, 0) is 21.2 Å². The van der Waals surface area contributed by atoms with Gasteiger partial charge in [0.05, 0.1) is 12.0 Å². The van der Waals surface area contributed by atoms with Crippen LogP contribution in [0.15, 0.2) is 60.0 Å². The highest BCUT2D eigenvalue weighted by Crippen LogP contribution is 2.22. The van der Waals surface area contributed by atoms with Crippen LogP contribution in [-0.4, -0.2) is 50.7 Å². The van der Waals surface area contributed by atoms with Crippen LogP contribution in [0.3, 0.4) is 0 Å². The molecule has 1 N–H and O–H groups in total. The fourth-order valence-corrected chi connectivity index (χ4v) is 5.31. The molecule has 0 aliphatic heterocycles. The van der Waals surface area contributed by atoms with Gasteiger partial charge in [-0.2, -0.15) is 4.31 Å². The molecule has 0 fully saturated rings. The Morgan fingerprint density at radius 3 is 2.19 bits per heavy atom. The van der Waals surface area contributed by atoms with Gasteiger partial charge in [0.15, 0.2) is 0 Å². The number of nitrogens with one attached hydrogen (secondary N) is 1. The van der Waals surface area contributed by atoms with Gasteiger partial charge in [-0.1, -0.05) is 50.8 Å². The molecule has 2 aromatic rings. The molecule has 0 aliphatic carbocycles. The number of benzene rings is 2. The molecule has 0 heterocycles. The summed E-state index contributed by atoms with van der Waals surface area (Å²) in [5, 5.41) is 2.95. The summed E-state index contributed by atoms with van der Waals surface area (Å²) in [6, 6.07) is 14.0. The second kappa shape index (κ2) is 12.9. The molecule has 0 saturated carbocycles. The lowest BCUT2D eigenvalue weighted by molar-refractivity contribution is 0.0500. The van der Waals surface area contributed by atoms with E-state index in [9.17, 15) is 13.2 Å². The first-order chi connectivity index (χ1) is 16.8. The largest absolute Gasteiger partial charge is 0.497 e. The summed E-state index contributed by atoms with van der Waals surface area (Å²) < 4.78 is 39.1. The molecule has 1 atom stereocenters. The molecule has 0 unspecified atom stereocenters. The highest BCUT2D eigenvalue weighted by atomic mass is 32.2. The van der Waals surface area contributed by atoms with Gasteiger partial charge in [-0.05, 0) is 74.9 Å². The third kappa shape index (κ3) is 9.32. The van der Waals surface area contributed by atoms with Gasteiger partial charge in [0.1, 0.15) is 11.4 Å². The van der Waals surface area contributed by atoms with E-state index in [2.05, 4.69) is 11.9 Å². The van der Waals surface area contributed by atoms with E-state index in [-0.39, 0.29) is 23.4 Å². The molecule has 0 aliphatic rings. The molecule has 0 aromatic heterocycles. The summed E-state index contributed by atoms with van der Waals surface area (Å²) in [5.41, 5.74) is 1.39. The van der Waals surface area contributed by atoms with Crippen molar-refractivity contribution in [2.75, 3.05) is 20.2 Å². The van der Waals surface area contributed by atoms with Crippen molar-refractivity contribution in [2.45, 2.75) is 64.0 Å². The number of amides is 1. The normalized spacial score (nSPS) is 12.9. The molecule has 0 spiro atoms. The molecule has 2 rings (SSSR count). The van der Waals surface area contributed by atoms with Crippen molar-refractivity contribution in [1.82, 2.24) is 9.62 Å². The van der Waals surface area contributed by atoms with Gasteiger partial charge in [-0.3, -0.25) is 0 Å². The topological polar surface area (TPSA) is 84.9 Å². The minimum atomic E-state index is -3.73. The molecule has 0 bridgehead atoms. The Kier molecular flexibility index (Phi) is 10.5. The molecule has 2 aromatic carbocycles. The lowest BCUT2D eigenvalue weighted by atomic mass is 10.0. The number of rotatable bonds is 12. The quantitative estimate of drug-likeness (QED) is 0.402. The fourth-order valence-electron chi connectivity index (χ4n) is 3.69. The second-order valence-electron chi connectivity index (χ2n) is 10.2. The predicted molar refractivity (Wildman–Crippen MR) is 145 cm³/mol. The molecular weight excluding hydrogens is 476 g/mol. The first-order valence-corrected chi connectivity index (χ1v) is 13.6. The number of carbonyl (C=O) groups is 1. The molecule has 0 saturated heterocycles. The van der Waals surface area contributed by atoms with E-state index in [4.69, 9.17) is 9.47 Å². The minimum absolute atomic E-state index is 0.127. The maximum absolute atomic E-state index is 13.5. The number of ether oxygens (including phenoxy) is 2. The molecule has 1 amide bonds. The van der Waals surface area contributed by atoms with Crippen LogP contribution < -0.4 is 10.1 Å². The number of sulfonamides is 1. The standard InChI is InChI=1S/C28H40N2O5S/c1-8-22-9-11-23(12-10-22)19-24(29-27(31)35-28(4,5)6)17-18-30(20-21(2)3)36(32,33)26-15-13-25(34-7)14-16-26/h8-16,21,24H,1,17-20H2,2-7H3,(H,29,31)/t24-/m1/s1. The summed E-state index contributed by atoms with van der Waals surface area (Å²) in [5.74, 6) is 0.718. The number of alkyl carbamates (subject to hydrolysis) is 1. The van der Waals surface area contributed by atoms with Crippen molar-refractivity contribution in [3.05, 3.63) is 66.2 Å². The predicted octanol–water partition coefficient (Wildman–Crippen LogP) is 5.51. The minimum Gasteiger partial charge on any atom is -0.497 e. The highest BCUT2D eigenvalue weighted by molar-refractivity contribution is 7.89. The van der Waals surface area contributed by atoms with Crippen molar-refractivity contribution in [1.29, 1.82) is 0 Å². The Morgan fingerprint density at radius 1 is 1.08 bits per heavy atom. The zero-order valence-electron chi connectivity index (χ0n) is 22.3. The highest BCUT2D eigenvalue weighted by Gasteiger charge is 2.27. The van der Waals surface area contributed by atoms with Gasteiger partial charge >= 0.3 is 6.09 Å². The van der Waals surface area contributed by atoms with Crippen molar-refractivity contribution >= 4 is 22.2 Å². The zero-order chi connectivity index (χ0) is 26.9. The average molecular weight is 517 g/mol. The Balaban J connectivity index is 2.25. The smallest absolute Gasteiger partial charge is 0.407 e. The first kappa shape index (κ1) is 29.4. The molecule has 36 heavy (non-hydrogen) atoms. The SMILES string of the molecule is C=Cc1ccc(C[C@@H](CCN(CC(C)C)S(=O)(=O)c2ccc(OC)cc2)NC(=O)OC(C)(C)C)cc1. The summed E-state index contributed by atoms with van der Waals surface area (Å²) in [6.07, 6.45) is 2.21. The first-order valence-electron chi connectivity index (χ1n) is 12.2. The monoisotopic (exact) mass is 516 g/mol. The average Bonchev–Trinajstić information content (AvgIpc) is 2.80. The van der Waals surface area contributed by atoms with E-state index < -0.39 is 21.7 Å². The lowest BCUT2D eigenvalue weighted by Gasteiger charge is -2.28. The van der Waals surface area contributed by atoms with Crippen LogP contribution in [0.1, 0.15) is 52.2 Å². The van der Waals surface area contributed by atoms with E-state index >= 15 is 0 Å². The summed E-state index contributed by atoms with van der Waals surface area (Å²) in [6.45, 7) is 13.8. The zero-order valence-corrected chi connectivity index (χ0v) is 23.1. The van der Waals surface area contributed by atoms with E-state index in [1.54, 1.807) is 51.1 Å². The number of hydrogen-bond donors (Lipinski definition) is 1. The van der Waals surface area contributed by atoms with Gasteiger partial charge in [0.2, 0.25) is 10.0 Å². The summed E-state index contributed by atoms with van der Waals surface area (Å²) >= 11 is 0. The van der Waals surface area contributed by atoms with Crippen molar-refractivity contribution in [3.8, 4) is 5.75 Å². The van der Waals surface area contributed by atoms with Crippen LogP contribution in [0.5, 0.6) is 5.75 Å². The van der Waals surface area contributed by atoms with E-state index in [0.29, 0.717) is 25.1 Å². The number of methoxy groups -OCH3 is 1. The molecule has 0 radical (unpaired) electrons.